The van der Waals surface area contributed by atoms with Gasteiger partial charge in [-0.15, -0.1) is 0 Å². The zero-order chi connectivity index (χ0) is 21.4. The van der Waals surface area contributed by atoms with E-state index in [-0.39, 0.29) is 0 Å². The van der Waals surface area contributed by atoms with Crippen LogP contribution < -0.4 is 9.47 Å². The van der Waals surface area contributed by atoms with Gasteiger partial charge in [0.05, 0.1) is 20.3 Å². The molecule has 0 saturated carbocycles. The lowest BCUT2D eigenvalue weighted by Gasteiger charge is -2.41. The molecule has 1 fully saturated rings. The fourth-order valence-electron chi connectivity index (χ4n) is 4.38. The van der Waals surface area contributed by atoms with Crippen LogP contribution in [0.5, 0.6) is 11.5 Å². The van der Waals surface area contributed by atoms with Gasteiger partial charge in [0, 0.05) is 18.4 Å². The lowest BCUT2D eigenvalue weighted by atomic mass is 9.85. The van der Waals surface area contributed by atoms with Gasteiger partial charge in [0.15, 0.2) is 0 Å². The van der Waals surface area contributed by atoms with E-state index in [0.29, 0.717) is 13.0 Å². The van der Waals surface area contributed by atoms with Crippen molar-refractivity contribution in [2.75, 3.05) is 20.3 Å². The summed E-state index contributed by atoms with van der Waals surface area (Å²) < 4.78 is 17.0. The molecule has 5 atom stereocenters. The fraction of sp³-hybridized carbons (Fsp3) is 0.478. The summed E-state index contributed by atoms with van der Waals surface area (Å²) in [4.78, 5) is 0. The van der Waals surface area contributed by atoms with Gasteiger partial charge in [-0.05, 0) is 47.4 Å². The van der Waals surface area contributed by atoms with Gasteiger partial charge in [0.2, 0.25) is 0 Å². The number of hydrogen-bond donors (Lipinski definition) is 4. The molecule has 1 saturated heterocycles. The molecule has 0 aromatic heterocycles. The molecular formula is C23H28O7. The van der Waals surface area contributed by atoms with Crippen LogP contribution in [0.2, 0.25) is 0 Å². The molecule has 0 spiro atoms. The number of fused-ring (bicyclic) bond motifs is 1. The second kappa shape index (κ2) is 8.53. The van der Waals surface area contributed by atoms with Crippen LogP contribution in [0, 0.1) is 6.92 Å². The van der Waals surface area contributed by atoms with Crippen molar-refractivity contribution in [3.63, 3.8) is 0 Å². The molecule has 4 rings (SSSR count). The fourth-order valence-corrected chi connectivity index (χ4v) is 4.38. The third-order valence-electron chi connectivity index (χ3n) is 6.13. The number of rotatable bonds is 5. The van der Waals surface area contributed by atoms with Crippen molar-refractivity contribution < 1.29 is 34.6 Å². The minimum Gasteiger partial charge on any atom is -0.497 e. The third kappa shape index (κ3) is 3.68. The minimum atomic E-state index is -1.41. The summed E-state index contributed by atoms with van der Waals surface area (Å²) >= 11 is 0. The second-order valence-corrected chi connectivity index (χ2v) is 7.93. The maximum Gasteiger partial charge on any atom is 0.126 e. The molecule has 7 heteroatoms. The SMILES string of the molecule is COc1ccc(Cc2cc([C@@H]3O[C@H](CO)[C@@H](O)[C@H](O)[C@H]3O)c(C)c3c2OCC3)cc1. The monoisotopic (exact) mass is 416 g/mol. The maximum atomic E-state index is 10.6. The van der Waals surface area contributed by atoms with Crippen LogP contribution in [0.25, 0.3) is 0 Å². The van der Waals surface area contributed by atoms with E-state index in [4.69, 9.17) is 14.2 Å². The van der Waals surface area contributed by atoms with E-state index < -0.39 is 37.1 Å². The second-order valence-electron chi connectivity index (χ2n) is 7.93. The van der Waals surface area contributed by atoms with E-state index in [0.717, 1.165) is 45.7 Å². The molecule has 2 aliphatic heterocycles. The number of methoxy groups -OCH3 is 1. The minimum absolute atomic E-state index is 0.451. The molecule has 0 aliphatic carbocycles. The Morgan fingerprint density at radius 1 is 1.07 bits per heavy atom. The number of ether oxygens (including phenoxy) is 3. The van der Waals surface area contributed by atoms with E-state index >= 15 is 0 Å². The van der Waals surface area contributed by atoms with Crippen molar-refractivity contribution in [2.45, 2.75) is 50.3 Å². The summed E-state index contributed by atoms with van der Waals surface area (Å²) in [5.41, 5.74) is 4.78. The molecular weight excluding hydrogens is 388 g/mol. The highest BCUT2D eigenvalue weighted by molar-refractivity contribution is 5.54. The standard InChI is InChI=1S/C23H28O7/c1-12-16-7-8-29-22(16)14(9-13-3-5-15(28-2)6-4-13)10-17(12)23-21(27)20(26)19(25)18(11-24)30-23/h3-6,10,18-21,23-27H,7-9,11H2,1-2H3/t18-,19-,20+,21-,23+/m1/s1. The Hall–Kier alpha value is -2.16. The van der Waals surface area contributed by atoms with Gasteiger partial charge in [-0.25, -0.2) is 0 Å². The van der Waals surface area contributed by atoms with Gasteiger partial charge in [-0.1, -0.05) is 12.1 Å². The van der Waals surface area contributed by atoms with Crippen molar-refractivity contribution in [2.24, 2.45) is 0 Å². The van der Waals surface area contributed by atoms with Crippen LogP contribution in [0.1, 0.15) is 33.9 Å². The van der Waals surface area contributed by atoms with E-state index in [9.17, 15) is 20.4 Å². The van der Waals surface area contributed by atoms with Crippen LogP contribution in [-0.2, 0) is 17.6 Å². The van der Waals surface area contributed by atoms with Crippen LogP contribution in [0.3, 0.4) is 0 Å². The molecule has 2 aromatic rings. The average Bonchev–Trinajstić information content (AvgIpc) is 3.26. The lowest BCUT2D eigenvalue weighted by Crippen LogP contribution is -2.55. The molecule has 30 heavy (non-hydrogen) atoms. The Morgan fingerprint density at radius 3 is 2.47 bits per heavy atom. The van der Waals surface area contributed by atoms with Crippen LogP contribution in [0.15, 0.2) is 30.3 Å². The normalized spacial score (nSPS) is 28.1. The lowest BCUT2D eigenvalue weighted by molar-refractivity contribution is -0.231. The summed E-state index contributed by atoms with van der Waals surface area (Å²) in [5.74, 6) is 1.64. The Morgan fingerprint density at radius 2 is 1.80 bits per heavy atom. The number of benzene rings is 2. The number of aliphatic hydroxyl groups is 4. The molecule has 4 N–H and O–H groups in total. The Labute approximate surface area is 175 Å². The van der Waals surface area contributed by atoms with Crippen molar-refractivity contribution in [3.8, 4) is 11.5 Å². The van der Waals surface area contributed by atoms with Gasteiger partial charge in [-0.2, -0.15) is 0 Å². The van der Waals surface area contributed by atoms with Crippen LogP contribution in [-0.4, -0.2) is 65.2 Å². The zero-order valence-corrected chi connectivity index (χ0v) is 17.1. The van der Waals surface area contributed by atoms with E-state index in [1.807, 2.05) is 37.3 Å². The largest absolute Gasteiger partial charge is 0.497 e. The first kappa shape index (κ1) is 21.1. The Balaban J connectivity index is 1.72. The summed E-state index contributed by atoms with van der Waals surface area (Å²) in [6.45, 7) is 2.08. The van der Waals surface area contributed by atoms with Crippen LogP contribution >= 0.6 is 0 Å². The van der Waals surface area contributed by atoms with Gasteiger partial charge in [0.25, 0.3) is 0 Å². The van der Waals surface area contributed by atoms with Gasteiger partial charge in [0.1, 0.15) is 42.0 Å². The molecule has 162 valence electrons. The molecule has 2 heterocycles. The number of hydrogen-bond acceptors (Lipinski definition) is 7. The first-order valence-electron chi connectivity index (χ1n) is 10.2. The summed E-state index contributed by atoms with van der Waals surface area (Å²) in [7, 11) is 1.63. The van der Waals surface area contributed by atoms with Gasteiger partial charge >= 0.3 is 0 Å². The smallest absolute Gasteiger partial charge is 0.126 e. The molecule has 2 aromatic carbocycles. The first-order chi connectivity index (χ1) is 14.4. The van der Waals surface area contributed by atoms with Crippen LogP contribution in [0.4, 0.5) is 0 Å². The molecule has 0 radical (unpaired) electrons. The average molecular weight is 416 g/mol. The summed E-state index contributed by atoms with van der Waals surface area (Å²) in [6.07, 6.45) is -4.52. The topological polar surface area (TPSA) is 109 Å². The maximum absolute atomic E-state index is 10.6. The summed E-state index contributed by atoms with van der Waals surface area (Å²) in [6, 6.07) is 9.74. The van der Waals surface area contributed by atoms with Crippen molar-refractivity contribution in [1.82, 2.24) is 0 Å². The Bertz CT molecular complexity index is 893. The Kier molecular flexibility index (Phi) is 5.99. The highest BCUT2D eigenvalue weighted by Crippen LogP contribution is 2.41. The van der Waals surface area contributed by atoms with E-state index in [1.54, 1.807) is 7.11 Å². The van der Waals surface area contributed by atoms with Gasteiger partial charge < -0.3 is 34.6 Å². The van der Waals surface area contributed by atoms with E-state index in [1.165, 1.54) is 0 Å². The molecule has 0 unspecified atom stereocenters. The molecule has 7 nitrogen and oxygen atoms in total. The first-order valence-corrected chi connectivity index (χ1v) is 10.2. The van der Waals surface area contributed by atoms with Crippen molar-refractivity contribution >= 4 is 0 Å². The zero-order valence-electron chi connectivity index (χ0n) is 17.1. The van der Waals surface area contributed by atoms with Crippen molar-refractivity contribution in [1.29, 1.82) is 0 Å². The van der Waals surface area contributed by atoms with Gasteiger partial charge in [-0.3, -0.25) is 0 Å². The molecule has 0 amide bonds. The van der Waals surface area contributed by atoms with E-state index in [2.05, 4.69) is 0 Å². The highest BCUT2D eigenvalue weighted by Gasteiger charge is 2.45. The summed E-state index contributed by atoms with van der Waals surface area (Å²) in [5, 5.41) is 40.5. The third-order valence-corrected chi connectivity index (χ3v) is 6.13. The highest BCUT2D eigenvalue weighted by atomic mass is 16.5. The number of aliphatic hydroxyl groups excluding tert-OH is 4. The molecule has 0 bridgehead atoms. The predicted molar refractivity (Wildman–Crippen MR) is 109 cm³/mol. The van der Waals surface area contributed by atoms with Crippen molar-refractivity contribution in [3.05, 3.63) is 58.1 Å². The molecule has 2 aliphatic rings. The predicted octanol–water partition coefficient (Wildman–Crippen LogP) is 1.04. The quantitative estimate of drug-likeness (QED) is 0.577.